The first-order valence-electron chi connectivity index (χ1n) is 16.9. The summed E-state index contributed by atoms with van der Waals surface area (Å²) in [5.41, 5.74) is 4.40. The number of anilines is 1. The Hall–Kier alpha value is -3.65. The Morgan fingerprint density at radius 3 is 2.06 bits per heavy atom. The van der Waals surface area contributed by atoms with Crippen molar-refractivity contribution in [2.24, 2.45) is 0 Å². The fourth-order valence-electron chi connectivity index (χ4n) is 4.66. The van der Waals surface area contributed by atoms with Crippen molar-refractivity contribution in [2.75, 3.05) is 5.32 Å². The summed E-state index contributed by atoms with van der Waals surface area (Å²) in [4.78, 5) is 14.7. The van der Waals surface area contributed by atoms with E-state index in [1.54, 1.807) is 60.5 Å². The molecule has 1 aliphatic rings. The Morgan fingerprint density at radius 2 is 1.58 bits per heavy atom. The van der Waals surface area contributed by atoms with E-state index in [0.717, 1.165) is 43.9 Å². The summed E-state index contributed by atoms with van der Waals surface area (Å²) >= 11 is 6.12. The largest absolute Gasteiger partial charge is 0.433 e. The molecule has 3 rings (SSSR count). The number of ether oxygens (including phenoxy) is 1. The zero-order valence-electron chi connectivity index (χ0n) is 30.0. The second kappa shape index (κ2) is 22.1. The molecule has 0 aromatic heterocycles. The third-order valence-electron chi connectivity index (χ3n) is 7.55. The van der Waals surface area contributed by atoms with Gasteiger partial charge < -0.3 is 20.3 Å². The van der Waals surface area contributed by atoms with Gasteiger partial charge in [-0.2, -0.15) is 8.78 Å². The average molecular weight is 690 g/mol. The van der Waals surface area contributed by atoms with Crippen LogP contribution in [0, 0.1) is 12.7 Å². The monoisotopic (exact) mass is 689 g/mol. The van der Waals surface area contributed by atoms with Gasteiger partial charge in [0.05, 0.1) is 5.03 Å². The van der Waals surface area contributed by atoms with Gasteiger partial charge in [-0.05, 0) is 91.8 Å². The van der Waals surface area contributed by atoms with Gasteiger partial charge in [-0.3, -0.25) is 4.79 Å². The predicted molar refractivity (Wildman–Crippen MR) is 196 cm³/mol. The van der Waals surface area contributed by atoms with Gasteiger partial charge in [-0.1, -0.05) is 91.1 Å². The molecule has 1 amide bonds. The standard InChI is InChI=1S/C21H24ClFN2O.C13H19F2NO.C5H12/c1-5-17(6-2)20(25-13-18(22)10-8-15(25)4)21(26)24-12-16-9-7-14(3)19(23)11-16;1-4-10(5-2)16-11-6-8-12(9-7-11)17-13(3,14)15;1-3-5-4-2/h7-11,13H,4-6,12H2,1-3H3,(H,24,26);6-10,16H,4-5H2,1-3H3;3-5H2,1-2H3. The van der Waals surface area contributed by atoms with Gasteiger partial charge in [-0.25, -0.2) is 4.39 Å². The van der Waals surface area contributed by atoms with E-state index in [2.05, 4.69) is 49.6 Å². The highest BCUT2D eigenvalue weighted by Crippen LogP contribution is 2.27. The van der Waals surface area contributed by atoms with E-state index in [0.29, 0.717) is 33.6 Å². The summed E-state index contributed by atoms with van der Waals surface area (Å²) in [6, 6.07) is 12.0. The van der Waals surface area contributed by atoms with Crippen molar-refractivity contribution in [1.82, 2.24) is 10.2 Å². The van der Waals surface area contributed by atoms with Crippen LogP contribution >= 0.6 is 11.6 Å². The van der Waals surface area contributed by atoms with Crippen LogP contribution in [-0.4, -0.2) is 23.0 Å². The Labute approximate surface area is 292 Å². The molecule has 0 atom stereocenters. The average Bonchev–Trinajstić information content (AvgIpc) is 3.05. The zero-order valence-corrected chi connectivity index (χ0v) is 30.7. The van der Waals surface area contributed by atoms with E-state index in [-0.39, 0.29) is 24.0 Å². The first-order valence-corrected chi connectivity index (χ1v) is 17.3. The van der Waals surface area contributed by atoms with E-state index in [9.17, 15) is 18.0 Å². The predicted octanol–water partition coefficient (Wildman–Crippen LogP) is 11.8. The number of nitrogens with zero attached hydrogens (tertiary/aromatic N) is 1. The number of carbonyl (C=O) groups is 1. The lowest BCUT2D eigenvalue weighted by atomic mass is 10.1. The smallest absolute Gasteiger partial charge is 0.394 e. The SMILES string of the molecule is C=C1C=CC(Cl)=CN1C(C(=O)NCc1ccc(C)c(F)c1)=C(CC)CC.CCC(CC)Nc1ccc(OC(C)(F)F)cc1.CCCCC. The van der Waals surface area contributed by atoms with Crippen LogP contribution in [0.4, 0.5) is 18.9 Å². The molecule has 1 heterocycles. The number of halogens is 4. The second-order valence-corrected chi connectivity index (χ2v) is 12.0. The number of nitrogens with one attached hydrogen (secondary N) is 2. The first-order chi connectivity index (χ1) is 22.7. The van der Waals surface area contributed by atoms with Crippen LogP contribution in [0.3, 0.4) is 0 Å². The van der Waals surface area contributed by atoms with Crippen LogP contribution in [-0.2, 0) is 11.3 Å². The van der Waals surface area contributed by atoms with Crippen LogP contribution in [0.1, 0.15) is 105 Å². The molecule has 2 aromatic rings. The highest BCUT2D eigenvalue weighted by atomic mass is 35.5. The number of benzene rings is 2. The Morgan fingerprint density at radius 1 is 0.979 bits per heavy atom. The summed E-state index contributed by atoms with van der Waals surface area (Å²) in [6.07, 6.45) is 9.67. The maximum atomic E-state index is 13.7. The molecule has 5 nitrogen and oxygen atoms in total. The normalized spacial score (nSPS) is 12.3. The summed E-state index contributed by atoms with van der Waals surface area (Å²) in [5, 5.41) is 6.73. The molecule has 1 aliphatic heterocycles. The molecule has 0 saturated heterocycles. The molecule has 0 saturated carbocycles. The highest BCUT2D eigenvalue weighted by Gasteiger charge is 2.24. The first kappa shape index (κ1) is 42.4. The number of unbranched alkanes of at least 4 members (excludes halogenated alkanes) is 2. The Bertz CT molecular complexity index is 1370. The van der Waals surface area contributed by atoms with E-state index in [4.69, 9.17) is 11.6 Å². The lowest BCUT2D eigenvalue weighted by molar-refractivity contribution is -0.158. The van der Waals surface area contributed by atoms with Crippen molar-refractivity contribution < 1.29 is 22.7 Å². The van der Waals surface area contributed by atoms with Crippen molar-refractivity contribution in [1.29, 1.82) is 0 Å². The van der Waals surface area contributed by atoms with E-state index in [1.807, 2.05) is 19.9 Å². The number of allylic oxidation sites excluding steroid dienone is 4. The van der Waals surface area contributed by atoms with Crippen molar-refractivity contribution in [2.45, 2.75) is 119 Å². The number of amides is 1. The van der Waals surface area contributed by atoms with Gasteiger partial charge in [0.1, 0.15) is 17.3 Å². The number of hydrogen-bond donors (Lipinski definition) is 2. The van der Waals surface area contributed by atoms with Crippen LogP contribution in [0.2, 0.25) is 0 Å². The minimum atomic E-state index is -3.13. The summed E-state index contributed by atoms with van der Waals surface area (Å²) in [5.74, 6) is -0.339. The zero-order chi connectivity index (χ0) is 36.3. The maximum absolute atomic E-state index is 13.7. The molecule has 2 aromatic carbocycles. The molecule has 0 fully saturated rings. The number of alkyl halides is 2. The van der Waals surface area contributed by atoms with Crippen molar-refractivity contribution in [3.8, 4) is 5.75 Å². The van der Waals surface area contributed by atoms with Crippen LogP contribution in [0.5, 0.6) is 5.75 Å². The minimum Gasteiger partial charge on any atom is -0.433 e. The van der Waals surface area contributed by atoms with E-state index < -0.39 is 6.11 Å². The van der Waals surface area contributed by atoms with Gasteiger partial charge in [0.15, 0.2) is 0 Å². The van der Waals surface area contributed by atoms with Crippen LogP contribution in [0.25, 0.3) is 0 Å². The molecule has 0 spiro atoms. The lowest BCUT2D eigenvalue weighted by Gasteiger charge is -2.28. The summed E-state index contributed by atoms with van der Waals surface area (Å²) < 4.78 is 43.3. The van der Waals surface area contributed by atoms with Gasteiger partial charge in [0.2, 0.25) is 0 Å². The van der Waals surface area contributed by atoms with Gasteiger partial charge >= 0.3 is 6.11 Å². The molecule has 266 valence electrons. The fraction of sp³-hybridized carbons (Fsp3) is 0.462. The summed E-state index contributed by atoms with van der Waals surface area (Å²) in [7, 11) is 0. The maximum Gasteiger partial charge on any atom is 0.394 e. The molecule has 48 heavy (non-hydrogen) atoms. The third-order valence-corrected chi connectivity index (χ3v) is 7.77. The van der Waals surface area contributed by atoms with Crippen LogP contribution in [0.15, 0.2) is 89.4 Å². The van der Waals surface area contributed by atoms with Crippen molar-refractivity contribution in [3.05, 3.63) is 106 Å². The fourth-order valence-corrected chi connectivity index (χ4v) is 4.82. The lowest BCUT2D eigenvalue weighted by Crippen LogP contribution is -2.33. The molecule has 0 bridgehead atoms. The quantitative estimate of drug-likeness (QED) is 0.194. The summed E-state index contributed by atoms with van der Waals surface area (Å²) in [6.45, 7) is 19.3. The molecule has 0 aliphatic carbocycles. The van der Waals surface area contributed by atoms with Gasteiger partial charge in [0, 0.05) is 37.1 Å². The highest BCUT2D eigenvalue weighted by molar-refractivity contribution is 6.31. The second-order valence-electron chi connectivity index (χ2n) is 11.6. The van der Waals surface area contributed by atoms with E-state index in [1.165, 1.54) is 25.3 Å². The van der Waals surface area contributed by atoms with Crippen LogP contribution < -0.4 is 15.4 Å². The molecule has 2 N–H and O–H groups in total. The third kappa shape index (κ3) is 15.5. The number of hydrogen-bond acceptors (Lipinski definition) is 4. The number of aryl methyl sites for hydroxylation is 1. The van der Waals surface area contributed by atoms with Gasteiger partial charge in [-0.15, -0.1) is 0 Å². The molecule has 0 unspecified atom stereocenters. The molecule has 9 heteroatoms. The van der Waals surface area contributed by atoms with E-state index >= 15 is 0 Å². The number of carbonyl (C=O) groups excluding carboxylic acids is 1. The molecular weight excluding hydrogens is 635 g/mol. The van der Waals surface area contributed by atoms with Crippen molar-refractivity contribution in [3.63, 3.8) is 0 Å². The molecular formula is C39H55ClF3N3O2. The van der Waals surface area contributed by atoms with Gasteiger partial charge in [0.25, 0.3) is 5.91 Å². The Kier molecular flexibility index (Phi) is 19.5. The molecule has 0 radical (unpaired) electrons. The Balaban J connectivity index is 0.000000448. The number of rotatable bonds is 14. The minimum absolute atomic E-state index is 0.174. The topological polar surface area (TPSA) is 53.6 Å². The van der Waals surface area contributed by atoms with Crippen molar-refractivity contribution >= 4 is 23.2 Å².